The summed E-state index contributed by atoms with van der Waals surface area (Å²) in [5.74, 6) is 0.479. The van der Waals surface area contributed by atoms with Crippen LogP contribution in [0.2, 0.25) is 5.15 Å². The Morgan fingerprint density at radius 1 is 1.44 bits per heavy atom. The Balaban J connectivity index is 2.03. The van der Waals surface area contributed by atoms with E-state index in [1.165, 1.54) is 0 Å². The lowest BCUT2D eigenvalue weighted by atomic mass is 10.4. The second kappa shape index (κ2) is 5.05. The van der Waals surface area contributed by atoms with E-state index in [2.05, 4.69) is 20.7 Å². The molecule has 0 aliphatic carbocycles. The predicted molar refractivity (Wildman–Crippen MR) is 69.8 cm³/mol. The van der Waals surface area contributed by atoms with Gasteiger partial charge in [0.15, 0.2) is 11.0 Å². The molecule has 0 saturated carbocycles. The lowest BCUT2D eigenvalue weighted by Gasteiger charge is -2.06. The van der Waals surface area contributed by atoms with Crippen LogP contribution in [-0.4, -0.2) is 20.8 Å². The van der Waals surface area contributed by atoms with Gasteiger partial charge in [0.1, 0.15) is 0 Å². The highest BCUT2D eigenvalue weighted by molar-refractivity contribution is 6.32. The average molecular weight is 266 g/mol. The van der Waals surface area contributed by atoms with E-state index in [0.29, 0.717) is 11.5 Å². The second-order valence-electron chi connectivity index (χ2n) is 3.72. The van der Waals surface area contributed by atoms with Crippen LogP contribution in [0.4, 0.5) is 16.3 Å². The van der Waals surface area contributed by atoms with Crippen LogP contribution in [0.3, 0.4) is 0 Å². The molecular weight excluding hydrogens is 254 g/mol. The number of hydrogen-bond acceptors (Lipinski definition) is 3. The molecule has 6 nitrogen and oxygen atoms in total. The zero-order valence-corrected chi connectivity index (χ0v) is 10.7. The van der Waals surface area contributed by atoms with Crippen molar-refractivity contribution in [2.45, 2.75) is 6.92 Å². The highest BCUT2D eigenvalue weighted by Gasteiger charge is 2.08. The molecule has 2 heterocycles. The molecule has 0 atom stereocenters. The maximum atomic E-state index is 11.7. The highest BCUT2D eigenvalue weighted by atomic mass is 35.5. The second-order valence-corrected chi connectivity index (χ2v) is 4.07. The third-order valence-corrected chi connectivity index (χ3v) is 2.66. The number of nitrogens with one attached hydrogen (secondary N) is 2. The van der Waals surface area contributed by atoms with Crippen LogP contribution in [0.15, 0.2) is 24.4 Å². The Hall–Kier alpha value is -2.08. The van der Waals surface area contributed by atoms with Crippen molar-refractivity contribution in [3.63, 3.8) is 0 Å². The lowest BCUT2D eigenvalue weighted by Crippen LogP contribution is -2.20. The Labute approximate surface area is 109 Å². The van der Waals surface area contributed by atoms with Crippen LogP contribution < -0.4 is 10.6 Å². The monoisotopic (exact) mass is 265 g/mol. The largest absolute Gasteiger partial charge is 0.324 e. The minimum atomic E-state index is -0.414. The molecule has 2 N–H and O–H groups in total. The molecule has 0 saturated heterocycles. The van der Waals surface area contributed by atoms with Gasteiger partial charge in [-0.05, 0) is 19.1 Å². The van der Waals surface area contributed by atoms with Crippen molar-refractivity contribution in [3.05, 3.63) is 35.2 Å². The van der Waals surface area contributed by atoms with Gasteiger partial charge >= 0.3 is 6.03 Å². The third-order valence-electron chi connectivity index (χ3n) is 2.36. The summed E-state index contributed by atoms with van der Waals surface area (Å²) in [6.07, 6.45) is 1.55. The number of hydrogen-bond donors (Lipinski definition) is 2. The standard InChI is InChI=1S/C11H12ClN5O/c1-7-6-9(16-17(7)2)15-11(18)14-8-4-3-5-13-10(8)12/h3-6H,1-2H3,(H2,14,15,16,18). The maximum absolute atomic E-state index is 11.7. The molecule has 0 radical (unpaired) electrons. The van der Waals surface area contributed by atoms with Gasteiger partial charge in [0.25, 0.3) is 0 Å². The van der Waals surface area contributed by atoms with E-state index in [1.807, 2.05) is 6.92 Å². The first kappa shape index (κ1) is 12.4. The zero-order valence-electron chi connectivity index (χ0n) is 9.94. The van der Waals surface area contributed by atoms with Crippen molar-refractivity contribution in [1.29, 1.82) is 0 Å². The molecule has 18 heavy (non-hydrogen) atoms. The number of aromatic nitrogens is 3. The fourth-order valence-corrected chi connectivity index (χ4v) is 1.54. The average Bonchev–Trinajstić information content (AvgIpc) is 2.61. The topological polar surface area (TPSA) is 71.8 Å². The molecule has 2 amide bonds. The Morgan fingerprint density at radius 2 is 2.22 bits per heavy atom. The highest BCUT2D eigenvalue weighted by Crippen LogP contribution is 2.17. The predicted octanol–water partition coefficient (Wildman–Crippen LogP) is 2.42. The van der Waals surface area contributed by atoms with Crippen LogP contribution in [-0.2, 0) is 7.05 Å². The summed E-state index contributed by atoms with van der Waals surface area (Å²) >= 11 is 5.83. The minimum absolute atomic E-state index is 0.241. The summed E-state index contributed by atoms with van der Waals surface area (Å²) in [7, 11) is 1.80. The summed E-state index contributed by atoms with van der Waals surface area (Å²) in [5, 5.41) is 9.56. The SMILES string of the molecule is Cc1cc(NC(=O)Nc2cccnc2Cl)nn1C. The van der Waals surface area contributed by atoms with E-state index in [1.54, 1.807) is 36.1 Å². The number of carbonyl (C=O) groups excluding carboxylic acids is 1. The van der Waals surface area contributed by atoms with Gasteiger partial charge < -0.3 is 5.32 Å². The summed E-state index contributed by atoms with van der Waals surface area (Å²) in [6.45, 7) is 1.90. The summed E-state index contributed by atoms with van der Waals surface area (Å²) in [4.78, 5) is 15.6. The molecule has 0 aliphatic heterocycles. The molecule has 0 aromatic carbocycles. The lowest BCUT2D eigenvalue weighted by molar-refractivity contribution is 0.262. The van der Waals surface area contributed by atoms with E-state index in [0.717, 1.165) is 5.69 Å². The zero-order chi connectivity index (χ0) is 13.1. The summed E-state index contributed by atoms with van der Waals surface area (Å²) < 4.78 is 1.67. The fraction of sp³-hybridized carbons (Fsp3) is 0.182. The number of halogens is 1. The summed E-state index contributed by atoms with van der Waals surface area (Å²) in [6, 6.07) is 4.71. The first-order valence-electron chi connectivity index (χ1n) is 5.25. The number of urea groups is 1. The first-order chi connectivity index (χ1) is 8.56. The van der Waals surface area contributed by atoms with Gasteiger partial charge in [0.05, 0.1) is 5.69 Å². The molecule has 2 rings (SSSR count). The molecule has 0 spiro atoms. The van der Waals surface area contributed by atoms with Crippen molar-refractivity contribution in [2.24, 2.45) is 7.05 Å². The van der Waals surface area contributed by atoms with E-state index in [9.17, 15) is 4.79 Å². The smallest absolute Gasteiger partial charge is 0.305 e. The van der Waals surface area contributed by atoms with Gasteiger partial charge in [-0.25, -0.2) is 9.78 Å². The van der Waals surface area contributed by atoms with Crippen molar-refractivity contribution >= 4 is 29.1 Å². The van der Waals surface area contributed by atoms with Gasteiger partial charge in [-0.2, -0.15) is 5.10 Å². The molecule has 0 fully saturated rings. The van der Waals surface area contributed by atoms with Gasteiger partial charge in [0, 0.05) is 25.0 Å². The molecule has 0 aliphatic rings. The van der Waals surface area contributed by atoms with E-state index in [4.69, 9.17) is 11.6 Å². The number of pyridine rings is 1. The van der Waals surface area contributed by atoms with Crippen LogP contribution in [0.1, 0.15) is 5.69 Å². The third kappa shape index (κ3) is 2.78. The molecule has 0 bridgehead atoms. The van der Waals surface area contributed by atoms with Crippen LogP contribution in [0.25, 0.3) is 0 Å². The molecule has 2 aromatic rings. The molecule has 2 aromatic heterocycles. The fourth-order valence-electron chi connectivity index (χ4n) is 1.37. The van der Waals surface area contributed by atoms with Gasteiger partial charge in [-0.15, -0.1) is 0 Å². The molecular formula is C11H12ClN5O. The van der Waals surface area contributed by atoms with Crippen LogP contribution in [0.5, 0.6) is 0 Å². The van der Waals surface area contributed by atoms with Crippen molar-refractivity contribution in [2.75, 3.05) is 10.6 Å². The number of nitrogens with zero attached hydrogens (tertiary/aromatic N) is 3. The quantitative estimate of drug-likeness (QED) is 0.819. The van der Waals surface area contributed by atoms with Crippen LogP contribution in [0, 0.1) is 6.92 Å². The minimum Gasteiger partial charge on any atom is -0.305 e. The van der Waals surface area contributed by atoms with Crippen molar-refractivity contribution in [3.8, 4) is 0 Å². The maximum Gasteiger partial charge on any atom is 0.324 e. The Bertz CT molecular complexity index is 561. The molecule has 7 heteroatoms. The summed E-state index contributed by atoms with van der Waals surface area (Å²) in [5.41, 5.74) is 1.40. The number of rotatable bonds is 2. The number of amides is 2. The normalized spacial score (nSPS) is 10.2. The van der Waals surface area contributed by atoms with E-state index >= 15 is 0 Å². The first-order valence-corrected chi connectivity index (χ1v) is 5.63. The molecule has 0 unspecified atom stereocenters. The number of anilines is 2. The van der Waals surface area contributed by atoms with Gasteiger partial charge in [-0.1, -0.05) is 11.6 Å². The van der Waals surface area contributed by atoms with E-state index in [-0.39, 0.29) is 5.15 Å². The van der Waals surface area contributed by atoms with Crippen LogP contribution >= 0.6 is 11.6 Å². The Morgan fingerprint density at radius 3 is 2.83 bits per heavy atom. The number of aryl methyl sites for hydroxylation is 2. The molecule has 94 valence electrons. The van der Waals surface area contributed by atoms with Gasteiger partial charge in [-0.3, -0.25) is 10.00 Å². The van der Waals surface area contributed by atoms with Crippen molar-refractivity contribution < 1.29 is 4.79 Å². The van der Waals surface area contributed by atoms with E-state index < -0.39 is 6.03 Å². The number of carbonyl (C=O) groups is 1. The Kier molecular flexibility index (Phi) is 3.47. The van der Waals surface area contributed by atoms with Gasteiger partial charge in [0.2, 0.25) is 0 Å². The van der Waals surface area contributed by atoms with Crippen molar-refractivity contribution in [1.82, 2.24) is 14.8 Å².